The number of ether oxygens (including phenoxy) is 1. The van der Waals surface area contributed by atoms with Crippen molar-refractivity contribution in [3.63, 3.8) is 0 Å². The lowest BCUT2D eigenvalue weighted by Crippen LogP contribution is -2.20. The monoisotopic (exact) mass is 271 g/mol. The van der Waals surface area contributed by atoms with Crippen molar-refractivity contribution in [2.75, 3.05) is 24.6 Å². The van der Waals surface area contributed by atoms with E-state index < -0.39 is 19.0 Å². The zero-order valence-corrected chi connectivity index (χ0v) is 10.3. The molecule has 1 saturated heterocycles. The highest BCUT2D eigenvalue weighted by Crippen LogP contribution is 2.32. The molecule has 2 rings (SSSR count). The van der Waals surface area contributed by atoms with Gasteiger partial charge in [0, 0.05) is 13.1 Å². The summed E-state index contributed by atoms with van der Waals surface area (Å²) in [6.07, 6.45) is -0.539. The second-order valence-corrected chi connectivity index (χ2v) is 4.38. The van der Waals surface area contributed by atoms with Gasteiger partial charge >= 0.3 is 5.97 Å². The summed E-state index contributed by atoms with van der Waals surface area (Å²) < 4.78 is 29.5. The average Bonchev–Trinajstić information content (AvgIpc) is 2.89. The van der Waals surface area contributed by atoms with E-state index >= 15 is 0 Å². The molecule has 1 heterocycles. The Morgan fingerprint density at radius 1 is 1.37 bits per heavy atom. The molecule has 19 heavy (non-hydrogen) atoms. The first-order valence-corrected chi connectivity index (χ1v) is 6.11. The first kappa shape index (κ1) is 13.6. The summed E-state index contributed by atoms with van der Waals surface area (Å²) >= 11 is 0. The van der Waals surface area contributed by atoms with E-state index in [1.54, 1.807) is 0 Å². The number of alkyl halides is 2. The zero-order chi connectivity index (χ0) is 13.8. The van der Waals surface area contributed by atoms with Gasteiger partial charge in [0.15, 0.2) is 0 Å². The number of carboxylic acid groups (broad SMARTS) is 1. The summed E-state index contributed by atoms with van der Waals surface area (Å²) in [6.45, 7) is 0.884. The van der Waals surface area contributed by atoms with Crippen molar-refractivity contribution in [1.82, 2.24) is 0 Å². The van der Waals surface area contributed by atoms with E-state index in [0.29, 0.717) is 11.4 Å². The summed E-state index contributed by atoms with van der Waals surface area (Å²) in [5, 5.41) is 8.98. The number of aromatic carboxylic acids is 1. The highest BCUT2D eigenvalue weighted by atomic mass is 19.3. The second-order valence-electron chi connectivity index (χ2n) is 4.38. The van der Waals surface area contributed by atoms with Gasteiger partial charge in [-0.05, 0) is 31.0 Å². The lowest BCUT2D eigenvalue weighted by Gasteiger charge is -2.21. The molecule has 0 saturated carbocycles. The summed E-state index contributed by atoms with van der Waals surface area (Å²) in [5.74, 6) is -0.729. The van der Waals surface area contributed by atoms with E-state index in [4.69, 9.17) is 9.84 Å². The van der Waals surface area contributed by atoms with Gasteiger partial charge in [-0.1, -0.05) is 0 Å². The largest absolute Gasteiger partial charge is 0.485 e. The van der Waals surface area contributed by atoms with Gasteiger partial charge in [-0.3, -0.25) is 0 Å². The second kappa shape index (κ2) is 5.86. The fourth-order valence-corrected chi connectivity index (χ4v) is 2.13. The number of rotatable bonds is 5. The number of hydrogen-bond donors (Lipinski definition) is 1. The summed E-state index contributed by atoms with van der Waals surface area (Å²) in [7, 11) is 0. The molecule has 1 aliphatic rings. The van der Waals surface area contributed by atoms with Gasteiger partial charge in [0.2, 0.25) is 0 Å². The number of anilines is 1. The van der Waals surface area contributed by atoms with Crippen LogP contribution in [0.4, 0.5) is 14.5 Å². The summed E-state index contributed by atoms with van der Waals surface area (Å²) in [4.78, 5) is 12.9. The average molecular weight is 271 g/mol. The van der Waals surface area contributed by atoms with Crippen LogP contribution in [0.25, 0.3) is 0 Å². The molecule has 1 aromatic rings. The molecular weight excluding hydrogens is 256 g/mol. The quantitative estimate of drug-likeness (QED) is 0.894. The van der Waals surface area contributed by atoms with Crippen molar-refractivity contribution in [2.45, 2.75) is 19.3 Å². The predicted octanol–water partition coefficient (Wildman–Crippen LogP) is 2.63. The number of nitrogens with zero attached hydrogens (tertiary/aromatic N) is 1. The van der Waals surface area contributed by atoms with Gasteiger partial charge < -0.3 is 14.7 Å². The number of hydrogen-bond acceptors (Lipinski definition) is 3. The minimum atomic E-state index is -2.55. The van der Waals surface area contributed by atoms with Crippen LogP contribution in [-0.4, -0.2) is 37.2 Å². The summed E-state index contributed by atoms with van der Waals surface area (Å²) in [6, 6.07) is 4.29. The molecule has 4 nitrogen and oxygen atoms in total. The molecule has 1 aromatic carbocycles. The van der Waals surface area contributed by atoms with E-state index in [1.807, 2.05) is 4.90 Å². The molecule has 1 N–H and O–H groups in total. The number of benzene rings is 1. The van der Waals surface area contributed by atoms with E-state index in [9.17, 15) is 13.6 Å². The molecule has 104 valence electrons. The van der Waals surface area contributed by atoms with E-state index in [1.165, 1.54) is 18.2 Å². The van der Waals surface area contributed by atoms with Crippen molar-refractivity contribution in [2.24, 2.45) is 0 Å². The maximum atomic E-state index is 12.2. The maximum Gasteiger partial charge on any atom is 0.335 e. The van der Waals surface area contributed by atoms with E-state index in [0.717, 1.165) is 25.9 Å². The standard InChI is InChI=1S/C13H15F2NO3/c14-12(15)8-19-11-4-3-9(13(17)18)7-10(11)16-5-1-2-6-16/h3-4,7,12H,1-2,5-6,8H2,(H,17,18). The lowest BCUT2D eigenvalue weighted by molar-refractivity contribution is 0.0695. The Bertz CT molecular complexity index is 459. The van der Waals surface area contributed by atoms with Crippen molar-refractivity contribution in [3.8, 4) is 5.75 Å². The van der Waals surface area contributed by atoms with Crippen LogP contribution in [0.3, 0.4) is 0 Å². The number of carbonyl (C=O) groups is 1. The van der Waals surface area contributed by atoms with Crippen molar-refractivity contribution in [3.05, 3.63) is 23.8 Å². The molecule has 0 radical (unpaired) electrons. The molecule has 1 fully saturated rings. The number of halogens is 2. The smallest absolute Gasteiger partial charge is 0.335 e. The predicted molar refractivity (Wildman–Crippen MR) is 66.3 cm³/mol. The van der Waals surface area contributed by atoms with Gasteiger partial charge in [0.05, 0.1) is 11.3 Å². The van der Waals surface area contributed by atoms with Crippen LogP contribution in [0.2, 0.25) is 0 Å². The van der Waals surface area contributed by atoms with E-state index in [-0.39, 0.29) is 5.56 Å². The minimum Gasteiger partial charge on any atom is -0.485 e. The van der Waals surface area contributed by atoms with Crippen LogP contribution in [0, 0.1) is 0 Å². The molecule has 0 aliphatic carbocycles. The summed E-state index contributed by atoms with van der Waals surface area (Å²) in [5.41, 5.74) is 0.712. The molecule has 0 bridgehead atoms. The Morgan fingerprint density at radius 3 is 2.63 bits per heavy atom. The Balaban J connectivity index is 2.27. The van der Waals surface area contributed by atoms with Crippen LogP contribution in [0.1, 0.15) is 23.2 Å². The lowest BCUT2D eigenvalue weighted by atomic mass is 10.1. The van der Waals surface area contributed by atoms with Crippen LogP contribution in [0.5, 0.6) is 5.75 Å². The van der Waals surface area contributed by atoms with Crippen molar-refractivity contribution in [1.29, 1.82) is 0 Å². The maximum absolute atomic E-state index is 12.2. The number of carboxylic acids is 1. The zero-order valence-electron chi connectivity index (χ0n) is 10.3. The first-order chi connectivity index (χ1) is 9.08. The fraction of sp³-hybridized carbons (Fsp3) is 0.462. The normalized spacial score (nSPS) is 15.0. The van der Waals surface area contributed by atoms with Crippen LogP contribution in [-0.2, 0) is 0 Å². The Morgan fingerprint density at radius 2 is 2.05 bits per heavy atom. The Labute approximate surface area is 109 Å². The van der Waals surface area contributed by atoms with Crippen LogP contribution in [0.15, 0.2) is 18.2 Å². The minimum absolute atomic E-state index is 0.131. The molecule has 1 aliphatic heterocycles. The van der Waals surface area contributed by atoms with Crippen LogP contribution >= 0.6 is 0 Å². The first-order valence-electron chi connectivity index (χ1n) is 6.11. The highest BCUT2D eigenvalue weighted by Gasteiger charge is 2.19. The van der Waals surface area contributed by atoms with Crippen LogP contribution < -0.4 is 9.64 Å². The molecule has 0 unspecified atom stereocenters. The molecule has 0 aromatic heterocycles. The SMILES string of the molecule is O=C(O)c1ccc(OCC(F)F)c(N2CCCC2)c1. The Kier molecular flexibility index (Phi) is 4.19. The molecular formula is C13H15F2NO3. The highest BCUT2D eigenvalue weighted by molar-refractivity contribution is 5.89. The van der Waals surface area contributed by atoms with Crippen molar-refractivity contribution >= 4 is 11.7 Å². The third-order valence-electron chi connectivity index (χ3n) is 3.02. The van der Waals surface area contributed by atoms with Gasteiger partial charge in [0.1, 0.15) is 12.4 Å². The molecule has 6 heteroatoms. The topological polar surface area (TPSA) is 49.8 Å². The molecule has 0 spiro atoms. The Hall–Kier alpha value is -1.85. The van der Waals surface area contributed by atoms with Crippen molar-refractivity contribution < 1.29 is 23.4 Å². The van der Waals surface area contributed by atoms with Gasteiger partial charge in [-0.25, -0.2) is 13.6 Å². The van der Waals surface area contributed by atoms with E-state index in [2.05, 4.69) is 0 Å². The molecule has 0 atom stereocenters. The third kappa shape index (κ3) is 3.33. The third-order valence-corrected chi connectivity index (χ3v) is 3.02. The van der Waals surface area contributed by atoms with Gasteiger partial charge in [-0.15, -0.1) is 0 Å². The van der Waals surface area contributed by atoms with Gasteiger partial charge in [0.25, 0.3) is 6.43 Å². The molecule has 0 amide bonds. The van der Waals surface area contributed by atoms with Gasteiger partial charge in [-0.2, -0.15) is 0 Å². The fourth-order valence-electron chi connectivity index (χ4n) is 2.13.